The van der Waals surface area contributed by atoms with Crippen LogP contribution in [0.1, 0.15) is 34.6 Å². The van der Waals surface area contributed by atoms with E-state index in [-0.39, 0.29) is 11.6 Å². The average Bonchev–Trinajstić information content (AvgIpc) is 2.33. The Labute approximate surface area is 123 Å². The van der Waals surface area contributed by atoms with Gasteiger partial charge in [0.2, 0.25) is 0 Å². The Morgan fingerprint density at radius 1 is 1.45 bits per heavy atom. The highest BCUT2D eigenvalue weighted by molar-refractivity contribution is 5.91. The number of nitrogens with one attached hydrogen (secondary N) is 1. The van der Waals surface area contributed by atoms with Crippen molar-refractivity contribution in [1.82, 2.24) is 4.90 Å². The predicted octanol–water partition coefficient (Wildman–Crippen LogP) is 3.41. The molecular formula is C17H27N3. The molecule has 0 aliphatic carbocycles. The van der Waals surface area contributed by atoms with Gasteiger partial charge in [0.25, 0.3) is 0 Å². The van der Waals surface area contributed by atoms with Crippen molar-refractivity contribution in [3.8, 4) is 0 Å². The van der Waals surface area contributed by atoms with Crippen molar-refractivity contribution in [3.05, 3.63) is 47.7 Å². The summed E-state index contributed by atoms with van der Waals surface area (Å²) < 4.78 is 0. The maximum Gasteiger partial charge on any atom is 0.0651 e. The molecule has 0 aromatic rings. The van der Waals surface area contributed by atoms with Crippen molar-refractivity contribution in [2.75, 3.05) is 6.54 Å². The fraction of sp³-hybridized carbons (Fsp3) is 0.471. The molecule has 1 aliphatic heterocycles. The monoisotopic (exact) mass is 273 g/mol. The van der Waals surface area contributed by atoms with Crippen LogP contribution in [0.15, 0.2) is 47.7 Å². The van der Waals surface area contributed by atoms with E-state index in [1.54, 1.807) is 6.92 Å². The lowest BCUT2D eigenvalue weighted by molar-refractivity contribution is 0.235. The summed E-state index contributed by atoms with van der Waals surface area (Å²) in [4.78, 5) is 2.30. The third-order valence-corrected chi connectivity index (χ3v) is 3.31. The highest BCUT2D eigenvalue weighted by atomic mass is 15.2. The molecule has 0 spiro atoms. The van der Waals surface area contributed by atoms with E-state index in [1.807, 2.05) is 19.9 Å². The van der Waals surface area contributed by atoms with Crippen LogP contribution in [0.3, 0.4) is 0 Å². The molecule has 20 heavy (non-hydrogen) atoms. The van der Waals surface area contributed by atoms with Crippen LogP contribution in [0.5, 0.6) is 0 Å². The van der Waals surface area contributed by atoms with E-state index in [0.717, 1.165) is 17.8 Å². The molecule has 1 atom stereocenters. The van der Waals surface area contributed by atoms with E-state index >= 15 is 0 Å². The summed E-state index contributed by atoms with van der Waals surface area (Å²) in [6.07, 6.45) is 12.4. The Morgan fingerprint density at radius 3 is 2.60 bits per heavy atom. The first-order valence-corrected chi connectivity index (χ1v) is 7.06. The molecule has 110 valence electrons. The van der Waals surface area contributed by atoms with E-state index in [2.05, 4.69) is 49.1 Å². The van der Waals surface area contributed by atoms with E-state index < -0.39 is 0 Å². The van der Waals surface area contributed by atoms with Crippen LogP contribution in [0.25, 0.3) is 0 Å². The van der Waals surface area contributed by atoms with Crippen molar-refractivity contribution in [2.24, 2.45) is 5.73 Å². The molecule has 3 N–H and O–H groups in total. The van der Waals surface area contributed by atoms with Gasteiger partial charge in [-0.25, -0.2) is 0 Å². The first-order valence-electron chi connectivity index (χ1n) is 7.06. The molecule has 0 fully saturated rings. The maximum atomic E-state index is 7.64. The summed E-state index contributed by atoms with van der Waals surface area (Å²) in [7, 11) is 0. The van der Waals surface area contributed by atoms with E-state index in [1.165, 1.54) is 0 Å². The van der Waals surface area contributed by atoms with Gasteiger partial charge in [0, 0.05) is 23.5 Å². The molecule has 1 heterocycles. The number of rotatable bonds is 5. The summed E-state index contributed by atoms with van der Waals surface area (Å²) in [5.41, 5.74) is 8.82. The summed E-state index contributed by atoms with van der Waals surface area (Å²) in [5, 5.41) is 7.64. The van der Waals surface area contributed by atoms with Crippen LogP contribution in [0.4, 0.5) is 0 Å². The normalized spacial score (nSPS) is 18.4. The zero-order valence-electron chi connectivity index (χ0n) is 13.3. The molecule has 0 bridgehead atoms. The smallest absolute Gasteiger partial charge is 0.0651 e. The van der Waals surface area contributed by atoms with Crippen molar-refractivity contribution >= 4 is 5.71 Å². The molecule has 3 heteroatoms. The molecule has 1 rings (SSSR count). The molecule has 1 aliphatic rings. The molecule has 1 unspecified atom stereocenters. The SMILES string of the molecule is CC=CC(N1CC=CC=C1/C(C)=C/C(C)=N)C(C)(C)N. The second-order valence-electron chi connectivity index (χ2n) is 5.93. The minimum atomic E-state index is -0.337. The van der Waals surface area contributed by atoms with Gasteiger partial charge in [-0.15, -0.1) is 0 Å². The minimum absolute atomic E-state index is 0.123. The first kappa shape index (κ1) is 16.4. The molecule has 0 saturated carbocycles. The van der Waals surface area contributed by atoms with Gasteiger partial charge in [0.05, 0.1) is 6.04 Å². The van der Waals surface area contributed by atoms with Gasteiger partial charge >= 0.3 is 0 Å². The Hall–Kier alpha value is -1.61. The number of hydrogen-bond donors (Lipinski definition) is 2. The van der Waals surface area contributed by atoms with E-state index in [4.69, 9.17) is 11.1 Å². The Balaban J connectivity index is 3.18. The molecule has 0 saturated heterocycles. The van der Waals surface area contributed by atoms with Gasteiger partial charge in [0.15, 0.2) is 0 Å². The van der Waals surface area contributed by atoms with Crippen LogP contribution < -0.4 is 5.73 Å². The predicted molar refractivity (Wildman–Crippen MR) is 88.0 cm³/mol. The molecular weight excluding hydrogens is 246 g/mol. The quantitative estimate of drug-likeness (QED) is 0.596. The average molecular weight is 273 g/mol. The fourth-order valence-corrected chi connectivity index (χ4v) is 2.48. The summed E-state index contributed by atoms with van der Waals surface area (Å²) in [6.45, 7) is 10.8. The minimum Gasteiger partial charge on any atom is -0.359 e. The number of hydrogen-bond acceptors (Lipinski definition) is 3. The third-order valence-electron chi connectivity index (χ3n) is 3.31. The molecule has 0 amide bonds. The highest BCUT2D eigenvalue weighted by Crippen LogP contribution is 2.26. The molecule has 0 aromatic carbocycles. The first-order chi connectivity index (χ1) is 9.27. The second-order valence-corrected chi connectivity index (χ2v) is 5.93. The van der Waals surface area contributed by atoms with Crippen molar-refractivity contribution < 1.29 is 0 Å². The Kier molecular flexibility index (Phi) is 5.52. The van der Waals surface area contributed by atoms with E-state index in [9.17, 15) is 0 Å². The van der Waals surface area contributed by atoms with Crippen LogP contribution >= 0.6 is 0 Å². The largest absolute Gasteiger partial charge is 0.359 e. The maximum absolute atomic E-state index is 7.64. The van der Waals surface area contributed by atoms with Gasteiger partial charge in [0.1, 0.15) is 0 Å². The second kappa shape index (κ2) is 6.71. The number of nitrogens with two attached hydrogens (primary N) is 1. The van der Waals surface area contributed by atoms with Gasteiger partial charge in [-0.2, -0.15) is 0 Å². The van der Waals surface area contributed by atoms with Crippen LogP contribution in [-0.4, -0.2) is 28.7 Å². The summed E-state index contributed by atoms with van der Waals surface area (Å²) >= 11 is 0. The zero-order valence-corrected chi connectivity index (χ0v) is 13.3. The van der Waals surface area contributed by atoms with Gasteiger partial charge in [-0.3, -0.25) is 0 Å². The van der Waals surface area contributed by atoms with Crippen molar-refractivity contribution in [2.45, 2.75) is 46.2 Å². The van der Waals surface area contributed by atoms with Crippen LogP contribution in [-0.2, 0) is 0 Å². The lowest BCUT2D eigenvalue weighted by atomic mass is 9.91. The Bertz CT molecular complexity index is 473. The number of allylic oxidation sites excluding steroid dienone is 5. The Morgan fingerprint density at radius 2 is 2.10 bits per heavy atom. The lowest BCUT2D eigenvalue weighted by Gasteiger charge is -2.42. The van der Waals surface area contributed by atoms with Crippen molar-refractivity contribution in [1.29, 1.82) is 5.41 Å². The van der Waals surface area contributed by atoms with Crippen LogP contribution in [0.2, 0.25) is 0 Å². The van der Waals surface area contributed by atoms with Gasteiger partial charge < -0.3 is 16.0 Å². The number of nitrogens with zero attached hydrogens (tertiary/aromatic N) is 1. The molecule has 0 aromatic heterocycles. The molecule has 3 nitrogen and oxygen atoms in total. The summed E-state index contributed by atoms with van der Waals surface area (Å²) in [5.74, 6) is 0. The highest BCUT2D eigenvalue weighted by Gasteiger charge is 2.30. The zero-order chi connectivity index (χ0) is 15.3. The lowest BCUT2D eigenvalue weighted by Crippen LogP contribution is -2.53. The van der Waals surface area contributed by atoms with Crippen molar-refractivity contribution in [3.63, 3.8) is 0 Å². The van der Waals surface area contributed by atoms with Crippen LogP contribution in [0, 0.1) is 5.41 Å². The van der Waals surface area contributed by atoms with E-state index in [0.29, 0.717) is 5.71 Å². The fourth-order valence-electron chi connectivity index (χ4n) is 2.48. The topological polar surface area (TPSA) is 53.1 Å². The third kappa shape index (κ3) is 4.20. The van der Waals surface area contributed by atoms with Gasteiger partial charge in [-0.1, -0.05) is 24.3 Å². The van der Waals surface area contributed by atoms with Gasteiger partial charge in [-0.05, 0) is 52.3 Å². The standard InChI is InChI=1S/C17H27N3/c1-6-9-16(17(4,5)19)20-11-8-7-10-15(20)13(2)12-14(3)18/h6-10,12,16,18H,11,19H2,1-5H3/b9-6?,13-12+,18-14?. The summed E-state index contributed by atoms with van der Waals surface area (Å²) in [6, 6.07) is 0.123. The molecule has 0 radical (unpaired) electrons.